The molecular weight excluding hydrogens is 460 g/mol. The van der Waals surface area contributed by atoms with Gasteiger partial charge in [-0.15, -0.1) is 0 Å². The Bertz CT molecular complexity index is 931. The summed E-state index contributed by atoms with van der Waals surface area (Å²) in [6.45, 7) is 11.6. The zero-order chi connectivity index (χ0) is 25.8. The van der Waals surface area contributed by atoms with Crippen molar-refractivity contribution in [3.8, 4) is 0 Å². The van der Waals surface area contributed by atoms with Gasteiger partial charge in [0.25, 0.3) is 5.91 Å². The van der Waals surface area contributed by atoms with Crippen LogP contribution in [0.2, 0.25) is 0 Å². The average molecular weight is 501 g/mol. The van der Waals surface area contributed by atoms with Crippen molar-refractivity contribution in [3.63, 3.8) is 0 Å². The summed E-state index contributed by atoms with van der Waals surface area (Å²) in [6.07, 6.45) is 1.07. The SMILES string of the molecule is CCCN1CCN(c2ccc(C(=O)N[C@H](C(=O)N3C[C@H](OC)[C@H]4OCC(=O)[C@H]43)[C@@H](C)CC)cc2)CC1. The summed E-state index contributed by atoms with van der Waals surface area (Å²) in [4.78, 5) is 45.7. The lowest BCUT2D eigenvalue weighted by molar-refractivity contribution is -0.139. The van der Waals surface area contributed by atoms with Crippen molar-refractivity contribution in [3.05, 3.63) is 29.8 Å². The Labute approximate surface area is 214 Å². The summed E-state index contributed by atoms with van der Waals surface area (Å²) in [7, 11) is 1.56. The van der Waals surface area contributed by atoms with Crippen LogP contribution in [0.3, 0.4) is 0 Å². The Morgan fingerprint density at radius 2 is 1.83 bits per heavy atom. The number of nitrogens with zero attached hydrogens (tertiary/aromatic N) is 3. The molecule has 0 bridgehead atoms. The Balaban J connectivity index is 1.42. The number of likely N-dealkylation sites (tertiary alicyclic amines) is 1. The molecule has 4 rings (SSSR count). The second-order valence-corrected chi connectivity index (χ2v) is 10.2. The van der Waals surface area contributed by atoms with Gasteiger partial charge in [0.1, 0.15) is 30.9 Å². The molecule has 1 N–H and O–H groups in total. The first-order valence-electron chi connectivity index (χ1n) is 13.2. The molecular formula is C27H40N4O5. The van der Waals surface area contributed by atoms with Gasteiger partial charge in [0, 0.05) is 44.5 Å². The maximum atomic E-state index is 13.6. The normalized spacial score (nSPS) is 26.1. The molecule has 0 spiro atoms. The molecule has 5 atom stereocenters. The predicted molar refractivity (Wildman–Crippen MR) is 137 cm³/mol. The van der Waals surface area contributed by atoms with E-state index in [-0.39, 0.29) is 42.8 Å². The maximum absolute atomic E-state index is 13.6. The van der Waals surface area contributed by atoms with E-state index in [9.17, 15) is 14.4 Å². The molecule has 3 saturated heterocycles. The maximum Gasteiger partial charge on any atom is 0.251 e. The van der Waals surface area contributed by atoms with E-state index in [1.807, 2.05) is 38.1 Å². The van der Waals surface area contributed by atoms with Gasteiger partial charge in [-0.05, 0) is 43.1 Å². The quantitative estimate of drug-likeness (QED) is 0.550. The van der Waals surface area contributed by atoms with Gasteiger partial charge in [-0.2, -0.15) is 0 Å². The molecule has 9 nitrogen and oxygen atoms in total. The van der Waals surface area contributed by atoms with Crippen LogP contribution in [0.15, 0.2) is 24.3 Å². The van der Waals surface area contributed by atoms with E-state index < -0.39 is 18.2 Å². The fourth-order valence-electron chi connectivity index (χ4n) is 5.50. The van der Waals surface area contributed by atoms with Crippen LogP contribution < -0.4 is 10.2 Å². The molecule has 0 saturated carbocycles. The number of benzene rings is 1. The first-order valence-corrected chi connectivity index (χ1v) is 13.2. The standard InChI is InChI=1S/C27H40N4O5/c1-5-11-29-12-14-30(15-13-29)20-9-7-19(8-10-20)26(33)28-23(18(3)6-2)27(34)31-16-22(35-4)25-24(31)21(32)17-36-25/h7-10,18,22-25H,5-6,11-17H2,1-4H3,(H,28,33)/t18-,22-,23-,24+,25+/m0/s1. The van der Waals surface area contributed by atoms with Crippen LogP contribution in [0.4, 0.5) is 5.69 Å². The van der Waals surface area contributed by atoms with E-state index in [4.69, 9.17) is 9.47 Å². The number of ketones is 1. The minimum Gasteiger partial charge on any atom is -0.377 e. The summed E-state index contributed by atoms with van der Waals surface area (Å²) in [6, 6.07) is 6.21. The minimum atomic E-state index is -0.738. The molecule has 36 heavy (non-hydrogen) atoms. The third-order valence-corrected chi connectivity index (χ3v) is 7.90. The second kappa shape index (κ2) is 11.7. The summed E-state index contributed by atoms with van der Waals surface area (Å²) >= 11 is 0. The molecule has 0 unspecified atom stereocenters. The molecule has 3 aliphatic heterocycles. The van der Waals surface area contributed by atoms with Gasteiger partial charge < -0.3 is 24.6 Å². The van der Waals surface area contributed by atoms with Crippen LogP contribution in [0.1, 0.15) is 44.0 Å². The number of rotatable bonds is 9. The highest BCUT2D eigenvalue weighted by Crippen LogP contribution is 2.30. The highest BCUT2D eigenvalue weighted by Gasteiger charge is 2.53. The fourth-order valence-corrected chi connectivity index (χ4v) is 5.50. The van der Waals surface area contributed by atoms with Crippen molar-refractivity contribution >= 4 is 23.3 Å². The molecule has 0 aliphatic carbocycles. The van der Waals surface area contributed by atoms with Crippen molar-refractivity contribution in [1.29, 1.82) is 0 Å². The van der Waals surface area contributed by atoms with Gasteiger partial charge >= 0.3 is 0 Å². The molecule has 3 heterocycles. The lowest BCUT2D eigenvalue weighted by Crippen LogP contribution is -2.54. The highest BCUT2D eigenvalue weighted by molar-refractivity contribution is 5.99. The van der Waals surface area contributed by atoms with Crippen LogP contribution in [-0.4, -0.2) is 105 Å². The fraction of sp³-hybridized carbons (Fsp3) is 0.667. The zero-order valence-corrected chi connectivity index (χ0v) is 21.9. The average Bonchev–Trinajstić information content (AvgIpc) is 3.47. The molecule has 1 aromatic rings. The first-order chi connectivity index (χ1) is 17.4. The number of piperazine rings is 1. The Hall–Kier alpha value is -2.49. The first kappa shape index (κ1) is 26.6. The van der Waals surface area contributed by atoms with E-state index in [1.165, 1.54) is 6.42 Å². The van der Waals surface area contributed by atoms with Crippen LogP contribution in [0, 0.1) is 5.92 Å². The van der Waals surface area contributed by atoms with Crippen molar-refractivity contribution in [2.75, 3.05) is 57.9 Å². The van der Waals surface area contributed by atoms with Gasteiger partial charge in [0.2, 0.25) is 5.91 Å². The number of Topliss-reactive ketones (excluding diaryl/α,β-unsaturated/α-hetero) is 1. The number of nitrogens with one attached hydrogen (secondary N) is 1. The van der Waals surface area contributed by atoms with Crippen molar-refractivity contribution < 1.29 is 23.9 Å². The third-order valence-electron chi connectivity index (χ3n) is 7.90. The van der Waals surface area contributed by atoms with Gasteiger partial charge in [-0.3, -0.25) is 19.3 Å². The smallest absolute Gasteiger partial charge is 0.251 e. The van der Waals surface area contributed by atoms with Crippen LogP contribution in [0.25, 0.3) is 0 Å². The van der Waals surface area contributed by atoms with Gasteiger partial charge in [-0.25, -0.2) is 0 Å². The van der Waals surface area contributed by atoms with E-state index >= 15 is 0 Å². The number of hydrogen-bond donors (Lipinski definition) is 1. The number of methoxy groups -OCH3 is 1. The molecule has 198 valence electrons. The van der Waals surface area contributed by atoms with Crippen molar-refractivity contribution in [1.82, 2.24) is 15.1 Å². The predicted octanol–water partition coefficient (Wildman–Crippen LogP) is 1.56. The summed E-state index contributed by atoms with van der Waals surface area (Å²) in [5.74, 6) is -0.764. The lowest BCUT2D eigenvalue weighted by atomic mass is 9.96. The molecule has 2 amide bonds. The number of carbonyl (C=O) groups is 3. The van der Waals surface area contributed by atoms with Crippen molar-refractivity contribution in [2.24, 2.45) is 5.92 Å². The highest BCUT2D eigenvalue weighted by atomic mass is 16.5. The molecule has 9 heteroatoms. The van der Waals surface area contributed by atoms with E-state index in [0.717, 1.165) is 38.4 Å². The van der Waals surface area contributed by atoms with E-state index in [1.54, 1.807) is 12.0 Å². The Morgan fingerprint density at radius 1 is 1.14 bits per heavy atom. The number of amides is 2. The number of anilines is 1. The largest absolute Gasteiger partial charge is 0.377 e. The molecule has 0 radical (unpaired) electrons. The van der Waals surface area contributed by atoms with E-state index in [2.05, 4.69) is 22.0 Å². The molecule has 3 fully saturated rings. The number of carbonyl (C=O) groups excluding carboxylic acids is 3. The zero-order valence-electron chi connectivity index (χ0n) is 21.9. The number of fused-ring (bicyclic) bond motifs is 1. The monoisotopic (exact) mass is 500 g/mol. The van der Waals surface area contributed by atoms with Crippen LogP contribution >= 0.6 is 0 Å². The van der Waals surface area contributed by atoms with E-state index in [0.29, 0.717) is 12.0 Å². The lowest BCUT2D eigenvalue weighted by Gasteiger charge is -2.36. The molecule has 1 aromatic carbocycles. The molecule has 0 aromatic heterocycles. The summed E-state index contributed by atoms with van der Waals surface area (Å²) in [5, 5.41) is 2.96. The summed E-state index contributed by atoms with van der Waals surface area (Å²) < 4.78 is 11.1. The third kappa shape index (κ3) is 5.43. The van der Waals surface area contributed by atoms with Crippen LogP contribution in [0.5, 0.6) is 0 Å². The van der Waals surface area contributed by atoms with Crippen LogP contribution in [-0.2, 0) is 19.1 Å². The second-order valence-electron chi connectivity index (χ2n) is 10.2. The van der Waals surface area contributed by atoms with Crippen molar-refractivity contribution in [2.45, 2.75) is 57.9 Å². The topological polar surface area (TPSA) is 91.4 Å². The number of hydrogen-bond acceptors (Lipinski definition) is 7. The minimum absolute atomic E-state index is 0.0146. The Kier molecular flexibility index (Phi) is 8.64. The number of ether oxygens (including phenoxy) is 2. The molecule has 3 aliphatic rings. The van der Waals surface area contributed by atoms with Gasteiger partial charge in [-0.1, -0.05) is 27.2 Å². The Morgan fingerprint density at radius 3 is 2.44 bits per heavy atom. The summed E-state index contributed by atoms with van der Waals surface area (Å²) in [5.41, 5.74) is 1.62. The van der Waals surface area contributed by atoms with Gasteiger partial charge in [0.15, 0.2) is 5.78 Å². The van der Waals surface area contributed by atoms with Gasteiger partial charge in [0.05, 0.1) is 6.54 Å².